The number of nitrogens with two attached hydrogens (primary N) is 1. The second-order valence-corrected chi connectivity index (χ2v) is 3.49. The van der Waals surface area contributed by atoms with Gasteiger partial charge in [-0.05, 0) is 33.6 Å². The van der Waals surface area contributed by atoms with E-state index in [1.54, 1.807) is 13.2 Å². The Kier molecular flexibility index (Phi) is 3.38. The van der Waals surface area contributed by atoms with E-state index in [0.29, 0.717) is 11.6 Å². The maximum Gasteiger partial charge on any atom is 0.120 e. The summed E-state index contributed by atoms with van der Waals surface area (Å²) >= 11 is 9.23. The highest BCUT2D eigenvalue weighted by Crippen LogP contribution is 2.30. The Hall–Kier alpha value is -0.250. The van der Waals surface area contributed by atoms with Gasteiger partial charge < -0.3 is 10.5 Å². The van der Waals surface area contributed by atoms with E-state index in [9.17, 15) is 0 Å². The summed E-state index contributed by atoms with van der Waals surface area (Å²) in [5, 5.41) is 0.620. The number of methoxy groups -OCH3 is 1. The van der Waals surface area contributed by atoms with Crippen molar-refractivity contribution in [2.24, 2.45) is 5.73 Å². The Morgan fingerprint density at radius 2 is 2.25 bits per heavy atom. The van der Waals surface area contributed by atoms with E-state index in [2.05, 4.69) is 15.9 Å². The molecule has 4 heteroatoms. The summed E-state index contributed by atoms with van der Waals surface area (Å²) in [7, 11) is 1.60. The first kappa shape index (κ1) is 9.84. The van der Waals surface area contributed by atoms with Crippen LogP contribution >= 0.6 is 27.5 Å². The van der Waals surface area contributed by atoms with Crippen molar-refractivity contribution in [3.63, 3.8) is 0 Å². The predicted molar refractivity (Wildman–Crippen MR) is 53.6 cm³/mol. The molecule has 0 saturated heterocycles. The fourth-order valence-corrected chi connectivity index (χ4v) is 1.50. The van der Waals surface area contributed by atoms with Crippen molar-refractivity contribution in [1.82, 2.24) is 0 Å². The average Bonchev–Trinajstić information content (AvgIpc) is 2.09. The number of ether oxygens (including phenoxy) is 1. The largest absolute Gasteiger partial charge is 0.497 e. The molecule has 0 heterocycles. The van der Waals surface area contributed by atoms with Crippen LogP contribution in [0.15, 0.2) is 16.6 Å². The van der Waals surface area contributed by atoms with Gasteiger partial charge in [0.05, 0.1) is 12.1 Å². The van der Waals surface area contributed by atoms with Crippen LogP contribution in [0.3, 0.4) is 0 Å². The van der Waals surface area contributed by atoms with E-state index in [0.717, 1.165) is 15.8 Å². The molecule has 0 aliphatic heterocycles. The molecule has 1 rings (SSSR count). The number of benzene rings is 1. The van der Waals surface area contributed by atoms with Crippen molar-refractivity contribution in [3.8, 4) is 5.75 Å². The fraction of sp³-hybridized carbons (Fsp3) is 0.250. The third-order valence-electron chi connectivity index (χ3n) is 1.53. The zero-order valence-electron chi connectivity index (χ0n) is 6.60. The average molecular weight is 251 g/mol. The smallest absolute Gasteiger partial charge is 0.120 e. The van der Waals surface area contributed by atoms with Crippen LogP contribution in [0.4, 0.5) is 0 Å². The topological polar surface area (TPSA) is 35.2 Å². The van der Waals surface area contributed by atoms with E-state index in [1.165, 1.54) is 0 Å². The molecule has 1 aromatic rings. The molecule has 66 valence electrons. The van der Waals surface area contributed by atoms with Crippen LogP contribution in [0, 0.1) is 0 Å². The SMILES string of the molecule is COc1cc(Cl)c(Br)c(CN)c1. The third kappa shape index (κ3) is 1.91. The van der Waals surface area contributed by atoms with E-state index in [4.69, 9.17) is 22.1 Å². The van der Waals surface area contributed by atoms with E-state index < -0.39 is 0 Å². The first-order chi connectivity index (χ1) is 5.69. The van der Waals surface area contributed by atoms with E-state index in [1.807, 2.05) is 6.07 Å². The number of hydrogen-bond donors (Lipinski definition) is 1. The summed E-state index contributed by atoms with van der Waals surface area (Å²) in [5.74, 6) is 0.726. The monoisotopic (exact) mass is 249 g/mol. The minimum Gasteiger partial charge on any atom is -0.497 e. The normalized spacial score (nSPS) is 10.0. The summed E-state index contributed by atoms with van der Waals surface area (Å²) in [5.41, 5.74) is 6.44. The third-order valence-corrected chi connectivity index (χ3v) is 3.00. The zero-order valence-corrected chi connectivity index (χ0v) is 8.95. The molecule has 0 aliphatic carbocycles. The van der Waals surface area contributed by atoms with Crippen molar-refractivity contribution in [2.45, 2.75) is 6.54 Å². The minimum atomic E-state index is 0.442. The molecule has 0 bridgehead atoms. The lowest BCUT2D eigenvalue weighted by atomic mass is 10.2. The van der Waals surface area contributed by atoms with Crippen LogP contribution in [0.1, 0.15) is 5.56 Å². The lowest BCUT2D eigenvalue weighted by molar-refractivity contribution is 0.414. The highest BCUT2D eigenvalue weighted by atomic mass is 79.9. The van der Waals surface area contributed by atoms with Crippen LogP contribution < -0.4 is 10.5 Å². The first-order valence-corrected chi connectivity index (χ1v) is 4.58. The molecule has 12 heavy (non-hydrogen) atoms. The van der Waals surface area contributed by atoms with Gasteiger partial charge >= 0.3 is 0 Å². The first-order valence-electron chi connectivity index (χ1n) is 3.41. The molecule has 0 aromatic heterocycles. The van der Waals surface area contributed by atoms with Crippen LogP contribution in [-0.2, 0) is 6.54 Å². The van der Waals surface area contributed by atoms with Gasteiger partial charge in [0, 0.05) is 11.0 Å². The minimum absolute atomic E-state index is 0.442. The second kappa shape index (κ2) is 4.12. The summed E-state index contributed by atoms with van der Waals surface area (Å²) in [6.07, 6.45) is 0. The Morgan fingerprint density at radius 1 is 1.58 bits per heavy atom. The molecule has 0 amide bonds. The van der Waals surface area contributed by atoms with Crippen molar-refractivity contribution >= 4 is 27.5 Å². The Bertz CT molecular complexity index is 291. The highest BCUT2D eigenvalue weighted by Gasteiger charge is 2.05. The number of rotatable bonds is 2. The Balaban J connectivity index is 3.19. The summed E-state index contributed by atoms with van der Waals surface area (Å²) in [4.78, 5) is 0. The van der Waals surface area contributed by atoms with Crippen molar-refractivity contribution in [1.29, 1.82) is 0 Å². The van der Waals surface area contributed by atoms with Crippen molar-refractivity contribution in [3.05, 3.63) is 27.2 Å². The summed E-state index contributed by atoms with van der Waals surface area (Å²) in [6.45, 7) is 0.442. The van der Waals surface area contributed by atoms with Gasteiger partial charge in [0.1, 0.15) is 5.75 Å². The van der Waals surface area contributed by atoms with Gasteiger partial charge in [0.25, 0.3) is 0 Å². The number of halogens is 2. The molecule has 2 nitrogen and oxygen atoms in total. The quantitative estimate of drug-likeness (QED) is 0.875. The molecule has 2 N–H and O–H groups in total. The van der Waals surface area contributed by atoms with Crippen LogP contribution in [0.25, 0.3) is 0 Å². The molecule has 0 radical (unpaired) electrons. The molecule has 1 aromatic carbocycles. The summed E-state index contributed by atoms with van der Waals surface area (Å²) in [6, 6.07) is 3.60. The molecular formula is C8H9BrClNO. The predicted octanol–water partition coefficient (Wildman–Crippen LogP) is 2.57. The van der Waals surface area contributed by atoms with Crippen LogP contribution in [0.5, 0.6) is 5.75 Å². The van der Waals surface area contributed by atoms with Crippen LogP contribution in [-0.4, -0.2) is 7.11 Å². The van der Waals surface area contributed by atoms with Gasteiger partial charge in [-0.25, -0.2) is 0 Å². The maximum atomic E-state index is 5.89. The van der Waals surface area contributed by atoms with Crippen LogP contribution in [0.2, 0.25) is 5.02 Å². The molecule has 0 fully saturated rings. The van der Waals surface area contributed by atoms with Gasteiger partial charge in [0.15, 0.2) is 0 Å². The lowest BCUT2D eigenvalue weighted by Gasteiger charge is -2.06. The standard InChI is InChI=1S/C8H9BrClNO/c1-12-6-2-5(4-11)8(9)7(10)3-6/h2-3H,4,11H2,1H3. The summed E-state index contributed by atoms with van der Waals surface area (Å²) < 4.78 is 5.87. The van der Waals surface area contributed by atoms with E-state index >= 15 is 0 Å². The second-order valence-electron chi connectivity index (χ2n) is 2.29. The molecule has 0 aliphatic rings. The number of hydrogen-bond acceptors (Lipinski definition) is 2. The molecular weight excluding hydrogens is 241 g/mol. The highest BCUT2D eigenvalue weighted by molar-refractivity contribution is 9.10. The van der Waals surface area contributed by atoms with Gasteiger partial charge in [-0.2, -0.15) is 0 Å². The van der Waals surface area contributed by atoms with E-state index in [-0.39, 0.29) is 0 Å². The fourth-order valence-electron chi connectivity index (χ4n) is 0.885. The molecule has 0 spiro atoms. The molecule has 0 unspecified atom stereocenters. The zero-order chi connectivity index (χ0) is 9.14. The van der Waals surface area contributed by atoms with Crippen molar-refractivity contribution in [2.75, 3.05) is 7.11 Å². The molecule has 0 atom stereocenters. The van der Waals surface area contributed by atoms with Gasteiger partial charge in [0.2, 0.25) is 0 Å². The van der Waals surface area contributed by atoms with Gasteiger partial charge in [-0.15, -0.1) is 0 Å². The Morgan fingerprint density at radius 3 is 2.75 bits per heavy atom. The lowest BCUT2D eigenvalue weighted by Crippen LogP contribution is -1.98. The van der Waals surface area contributed by atoms with Gasteiger partial charge in [-0.3, -0.25) is 0 Å². The maximum absolute atomic E-state index is 5.89. The van der Waals surface area contributed by atoms with Crippen molar-refractivity contribution < 1.29 is 4.74 Å². The van der Waals surface area contributed by atoms with Gasteiger partial charge in [-0.1, -0.05) is 11.6 Å². The molecule has 0 saturated carbocycles. The Labute approximate surface area is 84.8 Å².